The molecule has 2 unspecified atom stereocenters. The highest BCUT2D eigenvalue weighted by Gasteiger charge is 2.44. The zero-order valence-electron chi connectivity index (χ0n) is 12.2. The highest BCUT2D eigenvalue weighted by atomic mass is 35.5. The molecule has 3 rings (SSSR count). The number of hydrogen-bond acceptors (Lipinski definition) is 2. The van der Waals surface area contributed by atoms with Crippen LogP contribution in [0.15, 0.2) is 24.3 Å². The van der Waals surface area contributed by atoms with Crippen molar-refractivity contribution in [3.63, 3.8) is 0 Å². The maximum atomic E-state index is 6.07. The van der Waals surface area contributed by atoms with E-state index in [9.17, 15) is 0 Å². The van der Waals surface area contributed by atoms with E-state index in [1.807, 2.05) is 12.1 Å². The molecule has 1 aromatic rings. The summed E-state index contributed by atoms with van der Waals surface area (Å²) in [6.45, 7) is 4.10. The molecular weight excluding hydrogens is 270 g/mol. The van der Waals surface area contributed by atoms with Crippen LogP contribution in [0.2, 0.25) is 5.02 Å². The number of nitrogens with one attached hydrogen (secondary N) is 1. The van der Waals surface area contributed by atoms with Crippen LogP contribution in [0.3, 0.4) is 0 Å². The molecule has 2 atom stereocenters. The Hall–Kier alpha value is -0.570. The zero-order chi connectivity index (χ0) is 14.0. The van der Waals surface area contributed by atoms with E-state index in [0.717, 1.165) is 24.6 Å². The minimum Gasteiger partial charge on any atom is -0.375 e. The van der Waals surface area contributed by atoms with Crippen LogP contribution >= 0.6 is 11.6 Å². The fourth-order valence-electron chi connectivity index (χ4n) is 3.72. The highest BCUT2D eigenvalue weighted by Crippen LogP contribution is 2.47. The predicted octanol–water partition coefficient (Wildman–Crippen LogP) is 4.34. The Bertz CT molecular complexity index is 441. The zero-order valence-corrected chi connectivity index (χ0v) is 13.0. The van der Waals surface area contributed by atoms with Gasteiger partial charge in [0, 0.05) is 17.7 Å². The molecule has 2 aliphatic rings. The van der Waals surface area contributed by atoms with Gasteiger partial charge in [-0.3, -0.25) is 0 Å². The van der Waals surface area contributed by atoms with Gasteiger partial charge in [0.1, 0.15) is 0 Å². The first kappa shape index (κ1) is 14.4. The maximum absolute atomic E-state index is 6.07. The summed E-state index contributed by atoms with van der Waals surface area (Å²) in [5, 5.41) is 4.49. The Kier molecular flexibility index (Phi) is 4.34. The Labute approximate surface area is 126 Å². The predicted molar refractivity (Wildman–Crippen MR) is 83.1 cm³/mol. The van der Waals surface area contributed by atoms with Crippen molar-refractivity contribution < 1.29 is 4.74 Å². The molecule has 1 aromatic carbocycles. The van der Waals surface area contributed by atoms with Gasteiger partial charge in [0.2, 0.25) is 0 Å². The van der Waals surface area contributed by atoms with Crippen molar-refractivity contribution in [1.82, 2.24) is 5.32 Å². The van der Waals surface area contributed by atoms with Gasteiger partial charge in [-0.2, -0.15) is 0 Å². The van der Waals surface area contributed by atoms with Crippen molar-refractivity contribution in [3.8, 4) is 0 Å². The van der Waals surface area contributed by atoms with Gasteiger partial charge in [-0.15, -0.1) is 0 Å². The van der Waals surface area contributed by atoms with Crippen molar-refractivity contribution in [1.29, 1.82) is 0 Å². The minimum absolute atomic E-state index is 0.211. The van der Waals surface area contributed by atoms with Crippen LogP contribution in [-0.2, 0) is 4.74 Å². The summed E-state index contributed by atoms with van der Waals surface area (Å²) in [6, 6.07) is 8.76. The largest absolute Gasteiger partial charge is 0.375 e. The quantitative estimate of drug-likeness (QED) is 0.891. The van der Waals surface area contributed by atoms with Crippen molar-refractivity contribution in [2.24, 2.45) is 5.92 Å². The third-order valence-electron chi connectivity index (χ3n) is 4.92. The van der Waals surface area contributed by atoms with E-state index in [-0.39, 0.29) is 5.60 Å². The molecule has 0 bridgehead atoms. The summed E-state index contributed by atoms with van der Waals surface area (Å²) in [5.41, 5.74) is 1.57. The summed E-state index contributed by atoms with van der Waals surface area (Å²) < 4.78 is 6.07. The van der Waals surface area contributed by atoms with Crippen LogP contribution in [0.25, 0.3) is 0 Å². The van der Waals surface area contributed by atoms with E-state index < -0.39 is 0 Å². The van der Waals surface area contributed by atoms with Crippen molar-refractivity contribution in [3.05, 3.63) is 34.9 Å². The molecule has 1 saturated heterocycles. The molecule has 1 saturated carbocycles. The van der Waals surface area contributed by atoms with Gasteiger partial charge in [-0.05, 0) is 62.3 Å². The van der Waals surface area contributed by atoms with E-state index >= 15 is 0 Å². The monoisotopic (exact) mass is 293 g/mol. The standard InChI is InChI=1S/C17H24ClNO/c1-2-19-16(13-4-6-15(18)7-5-13)14-8-11-20-17(12-14)9-3-10-17/h4-7,14,16,19H,2-3,8-12H2,1H3. The second-order valence-electron chi connectivity index (χ2n) is 6.22. The summed E-state index contributed by atoms with van der Waals surface area (Å²) in [7, 11) is 0. The van der Waals surface area contributed by atoms with Gasteiger partial charge in [0.05, 0.1) is 5.60 Å². The van der Waals surface area contributed by atoms with Crippen LogP contribution in [-0.4, -0.2) is 18.8 Å². The van der Waals surface area contributed by atoms with E-state index in [2.05, 4.69) is 24.4 Å². The molecule has 2 nitrogen and oxygen atoms in total. The lowest BCUT2D eigenvalue weighted by Crippen LogP contribution is -2.48. The molecule has 0 aromatic heterocycles. The molecule has 1 spiro atoms. The first-order valence-corrected chi connectivity index (χ1v) is 8.23. The van der Waals surface area contributed by atoms with Crippen molar-refractivity contribution >= 4 is 11.6 Å². The highest BCUT2D eigenvalue weighted by molar-refractivity contribution is 6.30. The molecule has 1 aliphatic heterocycles. The molecule has 0 amide bonds. The van der Waals surface area contributed by atoms with Crippen LogP contribution in [0.5, 0.6) is 0 Å². The van der Waals surface area contributed by atoms with Crippen LogP contribution < -0.4 is 5.32 Å². The first-order valence-electron chi connectivity index (χ1n) is 7.85. The van der Waals surface area contributed by atoms with Crippen LogP contribution in [0, 0.1) is 5.92 Å². The van der Waals surface area contributed by atoms with Gasteiger partial charge in [0.15, 0.2) is 0 Å². The Balaban J connectivity index is 1.77. The Morgan fingerprint density at radius 3 is 2.70 bits per heavy atom. The second-order valence-corrected chi connectivity index (χ2v) is 6.66. The lowest BCUT2D eigenvalue weighted by atomic mass is 9.69. The first-order chi connectivity index (χ1) is 9.72. The van der Waals surface area contributed by atoms with E-state index in [1.165, 1.54) is 31.2 Å². The van der Waals surface area contributed by atoms with E-state index in [4.69, 9.17) is 16.3 Å². The third kappa shape index (κ3) is 2.88. The minimum atomic E-state index is 0.211. The average Bonchev–Trinajstić information content (AvgIpc) is 2.44. The number of halogens is 1. The summed E-state index contributed by atoms with van der Waals surface area (Å²) in [4.78, 5) is 0. The fraction of sp³-hybridized carbons (Fsp3) is 0.647. The maximum Gasteiger partial charge on any atom is 0.0686 e. The molecular formula is C17H24ClNO. The lowest BCUT2D eigenvalue weighted by Gasteiger charge is -2.49. The Morgan fingerprint density at radius 2 is 2.10 bits per heavy atom. The Morgan fingerprint density at radius 1 is 1.35 bits per heavy atom. The number of hydrogen-bond donors (Lipinski definition) is 1. The van der Waals surface area contributed by atoms with E-state index in [0.29, 0.717) is 12.0 Å². The fourth-order valence-corrected chi connectivity index (χ4v) is 3.84. The SMILES string of the molecule is CCNC(c1ccc(Cl)cc1)C1CCOC2(CCC2)C1. The summed E-state index contributed by atoms with van der Waals surface area (Å²) >= 11 is 6.02. The van der Waals surface area contributed by atoms with Gasteiger partial charge in [0.25, 0.3) is 0 Å². The molecule has 3 heteroatoms. The van der Waals surface area contributed by atoms with Gasteiger partial charge >= 0.3 is 0 Å². The summed E-state index contributed by atoms with van der Waals surface area (Å²) in [5.74, 6) is 0.671. The van der Waals surface area contributed by atoms with Crippen LogP contribution in [0.4, 0.5) is 0 Å². The van der Waals surface area contributed by atoms with Gasteiger partial charge < -0.3 is 10.1 Å². The molecule has 1 N–H and O–H groups in total. The second kappa shape index (κ2) is 6.05. The molecule has 1 aliphatic carbocycles. The molecule has 20 heavy (non-hydrogen) atoms. The molecule has 2 fully saturated rings. The molecule has 110 valence electrons. The van der Waals surface area contributed by atoms with Gasteiger partial charge in [-0.25, -0.2) is 0 Å². The van der Waals surface area contributed by atoms with Gasteiger partial charge in [-0.1, -0.05) is 30.7 Å². The van der Waals surface area contributed by atoms with E-state index in [1.54, 1.807) is 0 Å². The summed E-state index contributed by atoms with van der Waals surface area (Å²) in [6.07, 6.45) is 6.20. The van der Waals surface area contributed by atoms with Crippen molar-refractivity contribution in [2.45, 2.75) is 50.7 Å². The number of rotatable bonds is 4. The van der Waals surface area contributed by atoms with Crippen LogP contribution in [0.1, 0.15) is 50.6 Å². The topological polar surface area (TPSA) is 21.3 Å². The lowest BCUT2D eigenvalue weighted by molar-refractivity contribution is -0.147. The van der Waals surface area contributed by atoms with Crippen molar-refractivity contribution in [2.75, 3.05) is 13.2 Å². The molecule has 1 heterocycles. The smallest absolute Gasteiger partial charge is 0.0686 e. The number of benzene rings is 1. The normalized spacial score (nSPS) is 26.2. The number of ether oxygens (including phenoxy) is 1. The third-order valence-corrected chi connectivity index (χ3v) is 5.17. The average molecular weight is 294 g/mol. The molecule has 0 radical (unpaired) electrons.